The number of rotatable bonds is 2. The molecule has 2 N–H and O–H groups in total. The van der Waals surface area contributed by atoms with Crippen LogP contribution in [0.5, 0.6) is 0 Å². The Balaban J connectivity index is 2.24. The van der Waals surface area contributed by atoms with Gasteiger partial charge in [-0.1, -0.05) is 0 Å². The van der Waals surface area contributed by atoms with Gasteiger partial charge in [0.2, 0.25) is 0 Å². The lowest BCUT2D eigenvalue weighted by molar-refractivity contribution is 0.102. The van der Waals surface area contributed by atoms with Crippen LogP contribution in [0.25, 0.3) is 0 Å². The number of carbonyl (C=O) groups is 1. The quantitative estimate of drug-likeness (QED) is 0.833. The number of ketones is 1. The predicted molar refractivity (Wildman–Crippen MR) is 77.7 cm³/mol. The molecule has 1 saturated heterocycles. The van der Waals surface area contributed by atoms with Crippen LogP contribution in [0.15, 0.2) is 6.07 Å². The zero-order valence-corrected chi connectivity index (χ0v) is 12.1. The summed E-state index contributed by atoms with van der Waals surface area (Å²) in [6.07, 6.45) is 1.15. The lowest BCUT2D eigenvalue weighted by Gasteiger charge is -2.28. The van der Waals surface area contributed by atoms with Gasteiger partial charge in [-0.05, 0) is 33.0 Å². The third-order valence-corrected chi connectivity index (χ3v) is 4.69. The summed E-state index contributed by atoms with van der Waals surface area (Å²) in [6, 6.07) is 2.40. The Labute approximate surface area is 112 Å². The first-order valence-corrected chi connectivity index (χ1v) is 7.16. The summed E-state index contributed by atoms with van der Waals surface area (Å²) in [6.45, 7) is 7.01. The van der Waals surface area contributed by atoms with Gasteiger partial charge in [0.05, 0.1) is 15.6 Å². The number of Topliss-reactive ketones (excluding diaryl/α,β-unsaturated/α-hetero) is 1. The molecule has 0 spiro atoms. The van der Waals surface area contributed by atoms with E-state index in [1.165, 1.54) is 11.3 Å². The van der Waals surface area contributed by atoms with Gasteiger partial charge in [-0.3, -0.25) is 4.79 Å². The molecular formula is C13H21N3OS. The van der Waals surface area contributed by atoms with Gasteiger partial charge in [-0.2, -0.15) is 0 Å². The minimum Gasteiger partial charge on any atom is -0.397 e. The van der Waals surface area contributed by atoms with Crippen LogP contribution in [-0.2, 0) is 0 Å². The Kier molecular flexibility index (Phi) is 3.92. The SMILES string of the molecule is CC(=O)c1sc(N2CCCN(C)CC2C)cc1N. The van der Waals surface area contributed by atoms with Crippen LogP contribution in [0, 0.1) is 0 Å². The second-order valence-corrected chi connectivity index (χ2v) is 6.11. The van der Waals surface area contributed by atoms with Gasteiger partial charge in [0.1, 0.15) is 0 Å². The molecule has 1 aromatic heterocycles. The summed E-state index contributed by atoms with van der Waals surface area (Å²) in [5.74, 6) is 0.0587. The van der Waals surface area contributed by atoms with E-state index < -0.39 is 0 Å². The largest absolute Gasteiger partial charge is 0.397 e. The fourth-order valence-corrected chi connectivity index (χ4v) is 3.61. The van der Waals surface area contributed by atoms with Crippen molar-refractivity contribution >= 4 is 27.8 Å². The smallest absolute Gasteiger partial charge is 0.171 e. The second kappa shape index (κ2) is 5.28. The molecule has 18 heavy (non-hydrogen) atoms. The number of anilines is 2. The van der Waals surface area contributed by atoms with Gasteiger partial charge >= 0.3 is 0 Å². The van der Waals surface area contributed by atoms with Crippen molar-refractivity contribution in [1.82, 2.24) is 4.90 Å². The van der Waals surface area contributed by atoms with Gasteiger partial charge in [-0.15, -0.1) is 11.3 Å². The maximum absolute atomic E-state index is 11.5. The Hall–Kier alpha value is -1.07. The summed E-state index contributed by atoms with van der Waals surface area (Å²) >= 11 is 1.52. The van der Waals surface area contributed by atoms with Crippen LogP contribution in [0.4, 0.5) is 10.7 Å². The van der Waals surface area contributed by atoms with Crippen LogP contribution < -0.4 is 10.6 Å². The second-order valence-electron chi connectivity index (χ2n) is 5.08. The zero-order valence-electron chi connectivity index (χ0n) is 11.3. The minimum absolute atomic E-state index is 0.0587. The minimum atomic E-state index is 0.0587. The molecule has 2 heterocycles. The van der Waals surface area contributed by atoms with Crippen molar-refractivity contribution in [2.75, 3.05) is 37.3 Å². The van der Waals surface area contributed by atoms with Gasteiger partial charge in [0.15, 0.2) is 5.78 Å². The number of nitrogens with two attached hydrogens (primary N) is 1. The normalized spacial score (nSPS) is 21.9. The van der Waals surface area contributed by atoms with E-state index in [1.807, 2.05) is 6.07 Å². The van der Waals surface area contributed by atoms with Crippen LogP contribution in [0.2, 0.25) is 0 Å². The lowest BCUT2D eigenvalue weighted by Crippen LogP contribution is -2.37. The molecule has 0 amide bonds. The highest BCUT2D eigenvalue weighted by Gasteiger charge is 2.22. The maximum Gasteiger partial charge on any atom is 0.171 e. The third kappa shape index (κ3) is 2.67. The molecule has 1 aliphatic rings. The average molecular weight is 267 g/mol. The van der Waals surface area contributed by atoms with E-state index >= 15 is 0 Å². The molecule has 100 valence electrons. The highest BCUT2D eigenvalue weighted by atomic mass is 32.1. The Bertz CT molecular complexity index is 443. The van der Waals surface area contributed by atoms with Crippen molar-refractivity contribution in [1.29, 1.82) is 0 Å². The number of hydrogen-bond acceptors (Lipinski definition) is 5. The number of carbonyl (C=O) groups excluding carboxylic acids is 1. The van der Waals surface area contributed by atoms with E-state index in [9.17, 15) is 4.79 Å². The molecule has 2 rings (SSSR count). The molecule has 1 aromatic rings. The molecule has 1 unspecified atom stereocenters. The number of hydrogen-bond donors (Lipinski definition) is 1. The first kappa shape index (κ1) is 13.4. The Morgan fingerprint density at radius 2 is 2.22 bits per heavy atom. The summed E-state index contributed by atoms with van der Waals surface area (Å²) in [5, 5.41) is 1.13. The van der Waals surface area contributed by atoms with Crippen LogP contribution in [0.3, 0.4) is 0 Å². The average Bonchev–Trinajstić information content (AvgIpc) is 2.57. The van der Waals surface area contributed by atoms with E-state index in [0.29, 0.717) is 16.6 Å². The van der Waals surface area contributed by atoms with Gasteiger partial charge in [0, 0.05) is 26.1 Å². The summed E-state index contributed by atoms with van der Waals surface area (Å²) in [7, 11) is 2.16. The fourth-order valence-electron chi connectivity index (χ4n) is 2.51. The van der Waals surface area contributed by atoms with Crippen LogP contribution in [0.1, 0.15) is 29.9 Å². The van der Waals surface area contributed by atoms with Crippen molar-refractivity contribution in [3.63, 3.8) is 0 Å². The Morgan fingerprint density at radius 3 is 2.83 bits per heavy atom. The fraction of sp³-hybridized carbons (Fsp3) is 0.615. The molecule has 1 atom stereocenters. The van der Waals surface area contributed by atoms with Crippen molar-refractivity contribution < 1.29 is 4.79 Å². The standard InChI is InChI=1S/C13H21N3OS/c1-9-8-15(3)5-4-6-16(9)12-7-11(14)13(18-12)10(2)17/h7,9H,4-6,8,14H2,1-3H3. The van der Waals surface area contributed by atoms with Crippen molar-refractivity contribution in [3.05, 3.63) is 10.9 Å². The lowest BCUT2D eigenvalue weighted by atomic mass is 10.2. The number of nitrogen functional groups attached to an aromatic ring is 1. The van der Waals surface area contributed by atoms with Gasteiger partial charge in [0.25, 0.3) is 0 Å². The van der Waals surface area contributed by atoms with Gasteiger partial charge < -0.3 is 15.5 Å². The molecule has 0 aromatic carbocycles. The highest BCUT2D eigenvalue weighted by molar-refractivity contribution is 7.18. The van der Waals surface area contributed by atoms with Crippen molar-refractivity contribution in [2.24, 2.45) is 0 Å². The summed E-state index contributed by atoms with van der Waals surface area (Å²) in [4.78, 5) is 16.9. The molecule has 4 nitrogen and oxygen atoms in total. The first-order chi connectivity index (χ1) is 8.49. The topological polar surface area (TPSA) is 49.6 Å². The van der Waals surface area contributed by atoms with Gasteiger partial charge in [-0.25, -0.2) is 0 Å². The monoisotopic (exact) mass is 267 g/mol. The molecule has 0 radical (unpaired) electrons. The van der Waals surface area contributed by atoms with Crippen LogP contribution >= 0.6 is 11.3 Å². The van der Waals surface area contributed by atoms with E-state index in [4.69, 9.17) is 5.73 Å². The zero-order chi connectivity index (χ0) is 13.3. The van der Waals surface area contributed by atoms with E-state index in [0.717, 1.165) is 31.1 Å². The molecule has 0 bridgehead atoms. The number of thiophene rings is 1. The molecule has 0 aliphatic carbocycles. The van der Waals surface area contributed by atoms with E-state index in [1.54, 1.807) is 6.92 Å². The van der Waals surface area contributed by atoms with E-state index in [2.05, 4.69) is 23.8 Å². The Morgan fingerprint density at radius 1 is 1.50 bits per heavy atom. The maximum atomic E-state index is 11.5. The van der Waals surface area contributed by atoms with Crippen molar-refractivity contribution in [2.45, 2.75) is 26.3 Å². The number of likely N-dealkylation sites (N-methyl/N-ethyl adjacent to an activating group) is 1. The molecule has 1 fully saturated rings. The van der Waals surface area contributed by atoms with Crippen molar-refractivity contribution in [3.8, 4) is 0 Å². The molecular weight excluding hydrogens is 246 g/mol. The molecule has 1 aliphatic heterocycles. The predicted octanol–water partition coefficient (Wildman–Crippen LogP) is 2.06. The highest BCUT2D eigenvalue weighted by Crippen LogP contribution is 2.34. The van der Waals surface area contributed by atoms with Crippen LogP contribution in [-0.4, -0.2) is 43.4 Å². The first-order valence-electron chi connectivity index (χ1n) is 6.34. The summed E-state index contributed by atoms with van der Waals surface area (Å²) in [5.41, 5.74) is 6.53. The van der Waals surface area contributed by atoms with E-state index in [-0.39, 0.29) is 5.78 Å². The summed E-state index contributed by atoms with van der Waals surface area (Å²) < 4.78 is 0. The molecule has 0 saturated carbocycles. The molecule has 5 heteroatoms. The third-order valence-electron chi connectivity index (χ3n) is 3.40. The number of nitrogens with zero attached hydrogens (tertiary/aromatic N) is 2.